The molecule has 1 aromatic rings. The zero-order valence-electron chi connectivity index (χ0n) is 15.2. The minimum Gasteiger partial charge on any atom is -0.492 e. The highest BCUT2D eigenvalue weighted by Gasteiger charge is 2.35. The molecule has 0 aromatic heterocycles. The van der Waals surface area contributed by atoms with Crippen molar-refractivity contribution in [1.82, 2.24) is 14.7 Å². The lowest BCUT2D eigenvalue weighted by molar-refractivity contribution is -0.130. The number of amides is 1. The van der Waals surface area contributed by atoms with Gasteiger partial charge in [-0.2, -0.15) is 0 Å². The smallest absolute Gasteiger partial charge is 0.236 e. The Morgan fingerprint density at radius 2 is 1.96 bits per heavy atom. The topological polar surface area (TPSA) is 36.0 Å². The summed E-state index contributed by atoms with van der Waals surface area (Å²) < 4.78 is 5.86. The third kappa shape index (κ3) is 5.09. The van der Waals surface area contributed by atoms with E-state index in [4.69, 9.17) is 16.3 Å². The van der Waals surface area contributed by atoms with Crippen LogP contribution in [0.15, 0.2) is 24.3 Å². The second-order valence-corrected chi connectivity index (χ2v) is 7.81. The Labute approximate surface area is 155 Å². The van der Waals surface area contributed by atoms with Gasteiger partial charge in [-0.3, -0.25) is 14.6 Å². The maximum absolute atomic E-state index is 12.0. The van der Waals surface area contributed by atoms with Crippen molar-refractivity contribution in [3.8, 4) is 5.75 Å². The molecule has 0 spiro atoms. The zero-order chi connectivity index (χ0) is 17.8. The van der Waals surface area contributed by atoms with E-state index >= 15 is 0 Å². The number of hydrogen-bond acceptors (Lipinski definition) is 4. The quantitative estimate of drug-likeness (QED) is 0.774. The van der Waals surface area contributed by atoms with E-state index in [0.717, 1.165) is 37.0 Å². The standard InChI is InChI=1S/C19H28ClN3O2/c1-21(2)19(24)14-22-11-15-3-6-17(13-22)23(12-15)9-10-25-18-7-4-16(20)5-8-18/h4-5,7-8,15,17H,3,6,9-14H2,1-2H3/t15-,17+/m0/s1. The van der Waals surface area contributed by atoms with E-state index in [1.165, 1.54) is 12.8 Å². The summed E-state index contributed by atoms with van der Waals surface area (Å²) in [6, 6.07) is 8.05. The van der Waals surface area contributed by atoms with Crippen molar-refractivity contribution >= 4 is 17.5 Å². The van der Waals surface area contributed by atoms with Crippen LogP contribution in [0.1, 0.15) is 12.8 Å². The predicted molar refractivity (Wildman–Crippen MR) is 100 cm³/mol. The molecule has 3 fully saturated rings. The molecular formula is C19H28ClN3O2. The third-order valence-electron chi connectivity index (χ3n) is 5.22. The number of rotatable bonds is 6. The molecule has 3 aliphatic rings. The van der Waals surface area contributed by atoms with E-state index < -0.39 is 0 Å². The van der Waals surface area contributed by atoms with Crippen LogP contribution in [0.4, 0.5) is 0 Å². The van der Waals surface area contributed by atoms with Gasteiger partial charge in [0.1, 0.15) is 12.4 Å². The molecule has 2 atom stereocenters. The molecule has 0 N–H and O–H groups in total. The molecule has 1 aromatic carbocycles. The van der Waals surface area contributed by atoms with Gasteiger partial charge in [-0.1, -0.05) is 11.6 Å². The van der Waals surface area contributed by atoms with E-state index in [1.54, 1.807) is 4.90 Å². The van der Waals surface area contributed by atoms with Crippen LogP contribution in [-0.2, 0) is 4.79 Å². The van der Waals surface area contributed by atoms with E-state index in [1.807, 2.05) is 38.4 Å². The van der Waals surface area contributed by atoms with Gasteiger partial charge in [-0.05, 0) is 43.0 Å². The van der Waals surface area contributed by atoms with Crippen molar-refractivity contribution < 1.29 is 9.53 Å². The van der Waals surface area contributed by atoms with Gasteiger partial charge in [0.25, 0.3) is 0 Å². The largest absolute Gasteiger partial charge is 0.492 e. The van der Waals surface area contributed by atoms with Gasteiger partial charge in [-0.15, -0.1) is 0 Å². The van der Waals surface area contributed by atoms with E-state index in [0.29, 0.717) is 25.1 Å². The molecule has 4 rings (SSSR count). The zero-order valence-corrected chi connectivity index (χ0v) is 15.9. The summed E-state index contributed by atoms with van der Waals surface area (Å²) in [6.45, 7) is 5.28. The first-order valence-corrected chi connectivity index (χ1v) is 9.44. The van der Waals surface area contributed by atoms with Gasteiger partial charge in [0.05, 0.1) is 6.54 Å². The second kappa shape index (κ2) is 8.39. The Morgan fingerprint density at radius 1 is 1.20 bits per heavy atom. The van der Waals surface area contributed by atoms with Crippen molar-refractivity contribution in [3.63, 3.8) is 0 Å². The fraction of sp³-hybridized carbons (Fsp3) is 0.632. The van der Waals surface area contributed by atoms with Crippen LogP contribution >= 0.6 is 11.6 Å². The second-order valence-electron chi connectivity index (χ2n) is 7.38. The Hall–Kier alpha value is -1.30. The van der Waals surface area contributed by atoms with Gasteiger partial charge >= 0.3 is 0 Å². The van der Waals surface area contributed by atoms with Gasteiger partial charge in [0, 0.05) is 51.3 Å². The van der Waals surface area contributed by atoms with Crippen molar-refractivity contribution in [1.29, 1.82) is 0 Å². The first-order chi connectivity index (χ1) is 12.0. The van der Waals surface area contributed by atoms with Crippen LogP contribution in [0.25, 0.3) is 0 Å². The third-order valence-corrected chi connectivity index (χ3v) is 5.47. The van der Waals surface area contributed by atoms with Crippen LogP contribution in [0.5, 0.6) is 5.75 Å². The van der Waals surface area contributed by atoms with E-state index in [2.05, 4.69) is 9.80 Å². The number of carbonyl (C=O) groups excluding carboxylic acids is 1. The number of likely N-dealkylation sites (N-methyl/N-ethyl adjacent to an activating group) is 1. The fourth-order valence-electron chi connectivity index (χ4n) is 3.82. The van der Waals surface area contributed by atoms with Crippen LogP contribution < -0.4 is 4.74 Å². The Morgan fingerprint density at radius 3 is 2.68 bits per heavy atom. The average Bonchev–Trinajstić information content (AvgIpc) is 2.87. The molecule has 25 heavy (non-hydrogen) atoms. The Kier molecular flexibility index (Phi) is 6.20. The molecule has 0 radical (unpaired) electrons. The van der Waals surface area contributed by atoms with Crippen LogP contribution in [0.2, 0.25) is 5.02 Å². The lowest BCUT2D eigenvalue weighted by Gasteiger charge is -2.36. The van der Waals surface area contributed by atoms with E-state index in [-0.39, 0.29) is 5.91 Å². The first kappa shape index (κ1) is 18.5. The van der Waals surface area contributed by atoms with Gasteiger partial charge < -0.3 is 9.64 Å². The first-order valence-electron chi connectivity index (χ1n) is 9.06. The molecule has 0 saturated carbocycles. The monoisotopic (exact) mass is 365 g/mol. The maximum Gasteiger partial charge on any atom is 0.236 e. The highest BCUT2D eigenvalue weighted by Crippen LogP contribution is 2.27. The molecule has 2 bridgehead atoms. The molecule has 3 aliphatic heterocycles. The van der Waals surface area contributed by atoms with Gasteiger partial charge in [0.2, 0.25) is 5.91 Å². The number of carbonyl (C=O) groups is 1. The normalized spacial score (nSPS) is 24.1. The van der Waals surface area contributed by atoms with E-state index in [9.17, 15) is 4.79 Å². The van der Waals surface area contributed by atoms with Crippen LogP contribution in [-0.4, -0.2) is 80.1 Å². The molecule has 1 amide bonds. The molecule has 0 unspecified atom stereocenters. The van der Waals surface area contributed by atoms with Crippen molar-refractivity contribution in [3.05, 3.63) is 29.3 Å². The minimum absolute atomic E-state index is 0.193. The fourth-order valence-corrected chi connectivity index (χ4v) is 3.95. The Bertz CT molecular complexity index is 579. The number of hydrogen-bond donors (Lipinski definition) is 0. The summed E-state index contributed by atoms with van der Waals surface area (Å²) in [5.74, 6) is 1.71. The lowest BCUT2D eigenvalue weighted by Crippen LogP contribution is -2.46. The maximum atomic E-state index is 12.0. The molecule has 3 heterocycles. The lowest BCUT2D eigenvalue weighted by atomic mass is 9.95. The summed E-state index contributed by atoms with van der Waals surface area (Å²) in [7, 11) is 3.66. The summed E-state index contributed by atoms with van der Waals surface area (Å²) in [5, 5.41) is 0.726. The molecule has 138 valence electrons. The van der Waals surface area contributed by atoms with Crippen LogP contribution in [0, 0.1) is 5.92 Å². The summed E-state index contributed by atoms with van der Waals surface area (Å²) in [6.07, 6.45) is 2.49. The number of halogens is 1. The highest BCUT2D eigenvalue weighted by molar-refractivity contribution is 6.30. The molecule has 0 aliphatic carbocycles. The predicted octanol–water partition coefficient (Wildman–Crippen LogP) is 2.20. The number of benzene rings is 1. The van der Waals surface area contributed by atoms with Gasteiger partial charge in [-0.25, -0.2) is 0 Å². The molecule has 5 nitrogen and oxygen atoms in total. The molecule has 6 heteroatoms. The minimum atomic E-state index is 0.193. The molecular weight excluding hydrogens is 338 g/mol. The SMILES string of the molecule is CN(C)C(=O)CN1C[C@@H]2CC[C@H](C1)N(CCOc1ccc(Cl)cc1)C2. The van der Waals surface area contributed by atoms with Crippen molar-refractivity contribution in [2.24, 2.45) is 5.92 Å². The van der Waals surface area contributed by atoms with Crippen molar-refractivity contribution in [2.75, 3.05) is 53.4 Å². The number of piperidine rings is 1. The summed E-state index contributed by atoms with van der Waals surface area (Å²) >= 11 is 5.90. The Balaban J connectivity index is 1.50. The number of ether oxygens (including phenoxy) is 1. The van der Waals surface area contributed by atoms with Crippen molar-refractivity contribution in [2.45, 2.75) is 18.9 Å². The number of fused-ring (bicyclic) bond motifs is 4. The van der Waals surface area contributed by atoms with Crippen LogP contribution in [0.3, 0.4) is 0 Å². The summed E-state index contributed by atoms with van der Waals surface area (Å²) in [4.78, 5) is 18.6. The number of nitrogens with zero attached hydrogens (tertiary/aromatic N) is 3. The highest BCUT2D eigenvalue weighted by atomic mass is 35.5. The average molecular weight is 366 g/mol. The molecule has 3 saturated heterocycles. The van der Waals surface area contributed by atoms with Gasteiger partial charge in [0.15, 0.2) is 0 Å². The summed E-state index contributed by atoms with van der Waals surface area (Å²) in [5.41, 5.74) is 0.